The number of anilines is 1. The molecule has 36 heavy (non-hydrogen) atoms. The van der Waals surface area contributed by atoms with Crippen LogP contribution in [0.15, 0.2) is 30.9 Å². The first kappa shape index (κ1) is 26.6. The van der Waals surface area contributed by atoms with E-state index in [2.05, 4.69) is 6.58 Å². The number of rotatable bonds is 9. The summed E-state index contributed by atoms with van der Waals surface area (Å²) in [7, 11) is 0. The number of aliphatic hydroxyl groups excluding tert-OH is 1. The highest BCUT2D eigenvalue weighted by atomic mass is 35.5. The van der Waals surface area contributed by atoms with Crippen LogP contribution in [0.2, 0.25) is 5.02 Å². The fourth-order valence-corrected chi connectivity index (χ4v) is 7.09. The first-order chi connectivity index (χ1) is 16.9. The van der Waals surface area contributed by atoms with Crippen molar-refractivity contribution in [3.8, 4) is 0 Å². The molecule has 6 atom stereocenters. The highest BCUT2D eigenvalue weighted by Crippen LogP contribution is 2.63. The number of halogens is 1. The zero-order valence-corrected chi connectivity index (χ0v) is 22.0. The number of hydrogen-bond acceptors (Lipinski definition) is 5. The Bertz CT molecular complexity index is 1070. The quantitative estimate of drug-likeness (QED) is 0.485. The number of ether oxygens (including phenoxy) is 1. The molecule has 2 amide bonds. The average Bonchev–Trinajstić information content (AvgIpc) is 3.37. The molecule has 2 N–H and O–H groups in total. The minimum absolute atomic E-state index is 0.128. The van der Waals surface area contributed by atoms with E-state index in [0.717, 1.165) is 5.56 Å². The molecule has 0 aromatic heterocycles. The number of benzene rings is 1. The number of carboxylic acid groups (broad SMARTS) is 1. The summed E-state index contributed by atoms with van der Waals surface area (Å²) < 4.78 is 6.47. The lowest BCUT2D eigenvalue weighted by molar-refractivity contribution is -0.156. The molecule has 4 rings (SSSR count). The van der Waals surface area contributed by atoms with Gasteiger partial charge in [0.2, 0.25) is 5.91 Å². The van der Waals surface area contributed by atoms with Gasteiger partial charge in [0.25, 0.3) is 5.91 Å². The number of nitrogens with zero attached hydrogens (tertiary/aromatic N) is 2. The van der Waals surface area contributed by atoms with Crippen LogP contribution in [0.4, 0.5) is 5.69 Å². The number of carbonyl (C=O) groups is 3. The number of amides is 2. The molecule has 196 valence electrons. The van der Waals surface area contributed by atoms with Gasteiger partial charge in [-0.3, -0.25) is 14.4 Å². The molecule has 3 heterocycles. The van der Waals surface area contributed by atoms with Crippen LogP contribution in [-0.4, -0.2) is 69.3 Å². The molecule has 3 aliphatic heterocycles. The largest absolute Gasteiger partial charge is 0.481 e. The number of aryl methyl sites for hydroxylation is 1. The van der Waals surface area contributed by atoms with Crippen LogP contribution in [0, 0.1) is 24.7 Å². The number of likely N-dealkylation sites (tertiary alicyclic amines) is 1. The van der Waals surface area contributed by atoms with Crippen LogP contribution < -0.4 is 4.90 Å². The number of carboxylic acids is 1. The van der Waals surface area contributed by atoms with Crippen LogP contribution in [0.25, 0.3) is 0 Å². The molecule has 9 heteroatoms. The van der Waals surface area contributed by atoms with Gasteiger partial charge < -0.3 is 24.7 Å². The molecule has 2 unspecified atom stereocenters. The molecular formula is C27H35ClN2O6. The van der Waals surface area contributed by atoms with Crippen molar-refractivity contribution in [1.29, 1.82) is 0 Å². The predicted molar refractivity (Wildman–Crippen MR) is 136 cm³/mol. The van der Waals surface area contributed by atoms with Gasteiger partial charge >= 0.3 is 5.97 Å². The van der Waals surface area contributed by atoms with E-state index in [4.69, 9.17) is 16.3 Å². The Morgan fingerprint density at radius 1 is 1.36 bits per heavy atom. The van der Waals surface area contributed by atoms with Crippen LogP contribution in [0.1, 0.15) is 45.6 Å². The van der Waals surface area contributed by atoms with Gasteiger partial charge in [-0.25, -0.2) is 0 Å². The van der Waals surface area contributed by atoms with E-state index >= 15 is 0 Å². The van der Waals surface area contributed by atoms with Gasteiger partial charge in [0.1, 0.15) is 11.6 Å². The molecule has 3 aliphatic rings. The standard InChI is InChI=1S/C27H35ClN2O6/c1-6-12-29(21-16(4)8-7-9-18(21)28)24(33)22-27-11-10-26(5,36-27)20(25(34)35)19(27)23(32)30(22)17(14-31)13-15(2)3/h6-9,15,17,19-20,22,31H,1,10-14H2,2-5H3,(H,34,35)/t17-,19+,20+,22?,26-,27?/m1/s1. The van der Waals surface area contributed by atoms with E-state index in [1.165, 1.54) is 9.80 Å². The van der Waals surface area contributed by atoms with E-state index in [-0.39, 0.29) is 19.1 Å². The van der Waals surface area contributed by atoms with E-state index in [1.54, 1.807) is 25.1 Å². The van der Waals surface area contributed by atoms with Gasteiger partial charge in [-0.2, -0.15) is 0 Å². The van der Waals surface area contributed by atoms with Crippen molar-refractivity contribution >= 4 is 35.1 Å². The molecule has 0 radical (unpaired) electrons. The summed E-state index contributed by atoms with van der Waals surface area (Å²) in [4.78, 5) is 43.9. The lowest BCUT2D eigenvalue weighted by atomic mass is 9.66. The third kappa shape index (κ3) is 3.85. The molecule has 3 saturated heterocycles. The van der Waals surface area contributed by atoms with E-state index < -0.39 is 52.9 Å². The summed E-state index contributed by atoms with van der Waals surface area (Å²) in [6, 6.07) is 3.57. The molecule has 0 saturated carbocycles. The summed E-state index contributed by atoms with van der Waals surface area (Å²) >= 11 is 6.55. The van der Waals surface area contributed by atoms with Crippen molar-refractivity contribution in [2.75, 3.05) is 18.1 Å². The van der Waals surface area contributed by atoms with Crippen LogP contribution in [0.5, 0.6) is 0 Å². The first-order valence-electron chi connectivity index (χ1n) is 12.5. The van der Waals surface area contributed by atoms with Crippen molar-refractivity contribution in [3.05, 3.63) is 41.4 Å². The molecular weight excluding hydrogens is 484 g/mol. The van der Waals surface area contributed by atoms with E-state index in [0.29, 0.717) is 30.0 Å². The number of aliphatic hydroxyl groups is 1. The number of para-hydroxylation sites is 1. The zero-order valence-electron chi connectivity index (χ0n) is 21.2. The molecule has 0 aliphatic carbocycles. The maximum Gasteiger partial charge on any atom is 0.310 e. The minimum Gasteiger partial charge on any atom is -0.481 e. The first-order valence-corrected chi connectivity index (χ1v) is 12.8. The lowest BCUT2D eigenvalue weighted by Crippen LogP contribution is -2.59. The summed E-state index contributed by atoms with van der Waals surface area (Å²) in [5.41, 5.74) is -1.07. The Labute approximate surface area is 216 Å². The third-order valence-corrected chi connectivity index (χ3v) is 8.40. The smallest absolute Gasteiger partial charge is 0.310 e. The Kier molecular flexibility index (Phi) is 7.01. The van der Waals surface area contributed by atoms with Gasteiger partial charge in [-0.15, -0.1) is 6.58 Å². The Hall–Kier alpha value is -2.42. The Morgan fingerprint density at radius 2 is 2.06 bits per heavy atom. The van der Waals surface area contributed by atoms with E-state index in [1.807, 2.05) is 26.8 Å². The second-order valence-corrected chi connectivity index (χ2v) is 11.3. The summed E-state index contributed by atoms with van der Waals surface area (Å²) in [6.45, 7) is 11.1. The van der Waals surface area contributed by atoms with Crippen molar-refractivity contribution in [3.63, 3.8) is 0 Å². The number of aliphatic carboxylic acids is 1. The highest BCUT2D eigenvalue weighted by Gasteiger charge is 2.79. The van der Waals surface area contributed by atoms with Crippen LogP contribution in [0.3, 0.4) is 0 Å². The maximum absolute atomic E-state index is 14.5. The van der Waals surface area contributed by atoms with Crippen molar-refractivity contribution in [1.82, 2.24) is 4.90 Å². The van der Waals surface area contributed by atoms with Gasteiger partial charge in [0.05, 0.1) is 40.8 Å². The zero-order chi connectivity index (χ0) is 26.6. The fourth-order valence-electron chi connectivity index (χ4n) is 6.77. The second-order valence-electron chi connectivity index (χ2n) is 10.9. The average molecular weight is 519 g/mol. The third-order valence-electron chi connectivity index (χ3n) is 8.10. The monoisotopic (exact) mass is 518 g/mol. The minimum atomic E-state index is -1.30. The Morgan fingerprint density at radius 3 is 2.61 bits per heavy atom. The van der Waals surface area contributed by atoms with Crippen LogP contribution in [-0.2, 0) is 19.1 Å². The molecule has 1 aromatic rings. The Balaban J connectivity index is 1.89. The van der Waals surface area contributed by atoms with Gasteiger partial charge in [-0.1, -0.05) is 43.7 Å². The highest BCUT2D eigenvalue weighted by molar-refractivity contribution is 6.34. The molecule has 3 fully saturated rings. The van der Waals surface area contributed by atoms with E-state index in [9.17, 15) is 24.6 Å². The predicted octanol–water partition coefficient (Wildman–Crippen LogP) is 3.42. The molecule has 8 nitrogen and oxygen atoms in total. The summed E-state index contributed by atoms with van der Waals surface area (Å²) in [6.07, 6.45) is 2.84. The lowest BCUT2D eigenvalue weighted by Gasteiger charge is -2.40. The second kappa shape index (κ2) is 9.47. The van der Waals surface area contributed by atoms with Crippen molar-refractivity contribution in [2.45, 2.75) is 70.2 Å². The van der Waals surface area contributed by atoms with Gasteiger partial charge in [0, 0.05) is 6.54 Å². The normalized spacial score (nSPS) is 31.6. The van der Waals surface area contributed by atoms with Crippen LogP contribution >= 0.6 is 11.6 Å². The number of fused-ring (bicyclic) bond motifs is 1. The van der Waals surface area contributed by atoms with Crippen molar-refractivity contribution < 1.29 is 29.3 Å². The molecule has 2 bridgehead atoms. The maximum atomic E-state index is 14.5. The summed E-state index contributed by atoms with van der Waals surface area (Å²) in [5, 5.41) is 20.9. The SMILES string of the molecule is C=CCN(C(=O)C1N([C@@H](CO)CC(C)C)C(=O)[C@@H]2[C@@H](C(=O)O)[C@@]3(C)CCC12O3)c1c(C)cccc1Cl. The number of carbonyl (C=O) groups excluding carboxylic acids is 2. The fraction of sp³-hybridized carbons (Fsp3) is 0.593. The molecule has 1 spiro atoms. The topological polar surface area (TPSA) is 107 Å². The molecule has 1 aromatic carbocycles. The number of hydrogen-bond donors (Lipinski definition) is 2. The van der Waals surface area contributed by atoms with Gasteiger partial charge in [-0.05, 0) is 50.7 Å². The summed E-state index contributed by atoms with van der Waals surface area (Å²) in [5.74, 6) is -3.93. The van der Waals surface area contributed by atoms with Gasteiger partial charge in [0.15, 0.2) is 0 Å². The van der Waals surface area contributed by atoms with Crippen molar-refractivity contribution in [2.24, 2.45) is 17.8 Å².